The Balaban J connectivity index is 1.98. The van der Waals surface area contributed by atoms with Crippen LogP contribution in [0.15, 0.2) is 0 Å². The largest absolute Gasteiger partial charge is 0.481 e. The molecule has 2 N–H and O–H groups in total. The molecule has 6 heteroatoms. The van der Waals surface area contributed by atoms with Crippen molar-refractivity contribution in [3.63, 3.8) is 0 Å². The summed E-state index contributed by atoms with van der Waals surface area (Å²) < 4.78 is 5.32. The molecule has 0 aromatic rings. The van der Waals surface area contributed by atoms with Gasteiger partial charge in [-0.05, 0) is 19.9 Å². The van der Waals surface area contributed by atoms with Gasteiger partial charge in [0.2, 0.25) is 5.91 Å². The molecule has 2 aliphatic heterocycles. The number of carbonyl (C=O) groups excluding carboxylic acids is 1. The first-order chi connectivity index (χ1) is 8.63. The monoisotopic (exact) mass is 256 g/mol. The van der Waals surface area contributed by atoms with Crippen LogP contribution in [0.1, 0.15) is 12.8 Å². The fraction of sp³-hybridized carbons (Fsp3) is 0.833. The second-order valence-electron chi connectivity index (χ2n) is 5.00. The number of hydrogen-bond donors (Lipinski definition) is 2. The summed E-state index contributed by atoms with van der Waals surface area (Å²) in [6, 6.07) is 0.0442. The van der Waals surface area contributed by atoms with Gasteiger partial charge in [0.25, 0.3) is 0 Å². The summed E-state index contributed by atoms with van der Waals surface area (Å²) in [4.78, 5) is 25.0. The molecule has 2 unspecified atom stereocenters. The van der Waals surface area contributed by atoms with Crippen LogP contribution in [0.2, 0.25) is 0 Å². The maximum Gasteiger partial charge on any atom is 0.308 e. The van der Waals surface area contributed by atoms with Gasteiger partial charge < -0.3 is 20.1 Å². The maximum absolute atomic E-state index is 12.4. The molecule has 0 aromatic carbocycles. The fourth-order valence-electron chi connectivity index (χ4n) is 2.70. The first-order valence-corrected chi connectivity index (χ1v) is 6.40. The highest BCUT2D eigenvalue weighted by molar-refractivity contribution is 5.81. The summed E-state index contributed by atoms with van der Waals surface area (Å²) in [7, 11) is 1.82. The van der Waals surface area contributed by atoms with Crippen LogP contribution in [-0.2, 0) is 14.3 Å². The number of carboxylic acids is 1. The normalized spacial score (nSPS) is 32.5. The highest BCUT2D eigenvalue weighted by Crippen LogP contribution is 2.22. The molecule has 0 radical (unpaired) electrons. The Morgan fingerprint density at radius 3 is 2.83 bits per heavy atom. The van der Waals surface area contributed by atoms with Gasteiger partial charge in [-0.15, -0.1) is 0 Å². The summed E-state index contributed by atoms with van der Waals surface area (Å²) in [6.45, 7) is 1.97. The van der Waals surface area contributed by atoms with Crippen LogP contribution in [0, 0.1) is 11.8 Å². The Labute approximate surface area is 106 Å². The zero-order valence-corrected chi connectivity index (χ0v) is 10.6. The van der Waals surface area contributed by atoms with Crippen molar-refractivity contribution in [2.45, 2.75) is 18.9 Å². The maximum atomic E-state index is 12.4. The van der Waals surface area contributed by atoms with Gasteiger partial charge in [0, 0.05) is 19.1 Å². The minimum Gasteiger partial charge on any atom is -0.481 e. The molecule has 18 heavy (non-hydrogen) atoms. The lowest BCUT2D eigenvalue weighted by molar-refractivity contribution is -0.146. The number of amides is 1. The number of nitrogens with one attached hydrogen (secondary N) is 1. The zero-order chi connectivity index (χ0) is 13.1. The van der Waals surface area contributed by atoms with Crippen LogP contribution in [0.3, 0.4) is 0 Å². The number of likely N-dealkylation sites (N-methyl/N-ethyl adjacent to an activating group) is 1. The van der Waals surface area contributed by atoms with Crippen molar-refractivity contribution < 1.29 is 19.4 Å². The molecule has 0 spiro atoms. The molecule has 1 amide bonds. The summed E-state index contributed by atoms with van der Waals surface area (Å²) >= 11 is 0. The van der Waals surface area contributed by atoms with Crippen LogP contribution in [0.4, 0.5) is 0 Å². The van der Waals surface area contributed by atoms with Crippen LogP contribution < -0.4 is 5.32 Å². The Kier molecular flexibility index (Phi) is 4.19. The molecule has 0 bridgehead atoms. The highest BCUT2D eigenvalue weighted by Gasteiger charge is 2.38. The fourth-order valence-corrected chi connectivity index (χ4v) is 2.70. The van der Waals surface area contributed by atoms with Crippen LogP contribution in [-0.4, -0.2) is 61.3 Å². The third-order valence-corrected chi connectivity index (χ3v) is 3.85. The number of ether oxygens (including phenoxy) is 1. The van der Waals surface area contributed by atoms with Gasteiger partial charge >= 0.3 is 5.97 Å². The number of carbonyl (C=O) groups is 2. The third kappa shape index (κ3) is 2.64. The average Bonchev–Trinajstić information content (AvgIpc) is 2.86. The van der Waals surface area contributed by atoms with E-state index in [1.807, 2.05) is 7.05 Å². The van der Waals surface area contributed by atoms with Crippen molar-refractivity contribution in [2.24, 2.45) is 11.8 Å². The molecule has 2 fully saturated rings. The number of rotatable bonds is 3. The summed E-state index contributed by atoms with van der Waals surface area (Å²) in [5.74, 6) is -1.38. The van der Waals surface area contributed by atoms with Crippen molar-refractivity contribution in [1.82, 2.24) is 10.2 Å². The van der Waals surface area contributed by atoms with E-state index in [-0.39, 0.29) is 17.9 Å². The Hall–Kier alpha value is -1.14. The second-order valence-corrected chi connectivity index (χ2v) is 5.00. The molecule has 6 nitrogen and oxygen atoms in total. The van der Waals surface area contributed by atoms with Gasteiger partial charge in [0.15, 0.2) is 0 Å². The molecule has 3 atom stereocenters. The quantitative estimate of drug-likeness (QED) is 0.714. The first-order valence-electron chi connectivity index (χ1n) is 6.40. The Morgan fingerprint density at radius 2 is 2.17 bits per heavy atom. The van der Waals surface area contributed by atoms with Crippen LogP contribution in [0.5, 0.6) is 0 Å². The number of aliphatic carboxylic acids is 1. The number of hydrogen-bond acceptors (Lipinski definition) is 4. The molecule has 2 saturated heterocycles. The van der Waals surface area contributed by atoms with Crippen LogP contribution in [0.25, 0.3) is 0 Å². The van der Waals surface area contributed by atoms with Gasteiger partial charge in [-0.2, -0.15) is 0 Å². The van der Waals surface area contributed by atoms with Crippen molar-refractivity contribution in [3.8, 4) is 0 Å². The van der Waals surface area contributed by atoms with E-state index in [1.165, 1.54) is 0 Å². The third-order valence-electron chi connectivity index (χ3n) is 3.85. The standard InChI is InChI=1S/C12H20N2O4/c1-13-10-7-18-6-9(10)11(15)14-4-2-3-8(5-14)12(16)17/h8-10,13H,2-7H2,1H3,(H,16,17)/t8-,9?,10?/m1/s1. The van der Waals surface area contributed by atoms with Crippen LogP contribution >= 0.6 is 0 Å². The minimum atomic E-state index is -0.805. The molecular formula is C12H20N2O4. The molecule has 2 heterocycles. The first kappa shape index (κ1) is 13.3. The highest BCUT2D eigenvalue weighted by atomic mass is 16.5. The van der Waals surface area contributed by atoms with Crippen molar-refractivity contribution >= 4 is 11.9 Å². The van der Waals surface area contributed by atoms with E-state index in [4.69, 9.17) is 9.84 Å². The SMILES string of the molecule is CNC1COCC1C(=O)N1CCC[C@@H](C(=O)O)C1. The van der Waals surface area contributed by atoms with Crippen molar-refractivity contribution in [2.75, 3.05) is 33.4 Å². The van der Waals surface area contributed by atoms with Crippen molar-refractivity contribution in [3.05, 3.63) is 0 Å². The number of piperidine rings is 1. The second kappa shape index (κ2) is 5.67. The topological polar surface area (TPSA) is 78.9 Å². The molecule has 0 aliphatic carbocycles. The van der Waals surface area contributed by atoms with Gasteiger partial charge in [-0.1, -0.05) is 0 Å². The summed E-state index contributed by atoms with van der Waals surface area (Å²) in [6.07, 6.45) is 1.43. The molecule has 2 rings (SSSR count). The van der Waals surface area contributed by atoms with E-state index < -0.39 is 11.9 Å². The van der Waals surface area contributed by atoms with Gasteiger partial charge in [0.05, 0.1) is 25.0 Å². The molecular weight excluding hydrogens is 236 g/mol. The van der Waals surface area contributed by atoms with E-state index in [2.05, 4.69) is 5.32 Å². The Morgan fingerprint density at radius 1 is 1.39 bits per heavy atom. The molecule has 102 valence electrons. The summed E-state index contributed by atoms with van der Waals surface area (Å²) in [5, 5.41) is 12.1. The zero-order valence-electron chi connectivity index (χ0n) is 10.6. The average molecular weight is 256 g/mol. The van der Waals surface area contributed by atoms with E-state index in [9.17, 15) is 9.59 Å². The van der Waals surface area contributed by atoms with Crippen molar-refractivity contribution in [1.29, 1.82) is 0 Å². The summed E-state index contributed by atoms with van der Waals surface area (Å²) in [5.41, 5.74) is 0. The molecule has 0 saturated carbocycles. The number of nitrogens with zero attached hydrogens (tertiary/aromatic N) is 1. The smallest absolute Gasteiger partial charge is 0.308 e. The lowest BCUT2D eigenvalue weighted by Crippen LogP contribution is -2.49. The van der Waals surface area contributed by atoms with Gasteiger partial charge in [-0.3, -0.25) is 9.59 Å². The minimum absolute atomic E-state index is 0.0257. The van der Waals surface area contributed by atoms with Gasteiger partial charge in [0.1, 0.15) is 0 Å². The van der Waals surface area contributed by atoms with Gasteiger partial charge in [-0.25, -0.2) is 0 Å². The lowest BCUT2D eigenvalue weighted by atomic mass is 9.95. The predicted molar refractivity (Wildman–Crippen MR) is 64.1 cm³/mol. The number of carboxylic acid groups (broad SMARTS) is 1. The van der Waals surface area contributed by atoms with E-state index in [1.54, 1.807) is 4.90 Å². The van der Waals surface area contributed by atoms with E-state index in [0.29, 0.717) is 32.7 Å². The lowest BCUT2D eigenvalue weighted by Gasteiger charge is -2.33. The molecule has 2 aliphatic rings. The van der Waals surface area contributed by atoms with E-state index >= 15 is 0 Å². The Bertz CT molecular complexity index is 334. The molecule has 0 aromatic heterocycles. The number of likely N-dealkylation sites (tertiary alicyclic amines) is 1. The van der Waals surface area contributed by atoms with E-state index in [0.717, 1.165) is 6.42 Å². The predicted octanol–water partition coefficient (Wildman–Crippen LogP) is -0.456.